The van der Waals surface area contributed by atoms with Crippen molar-refractivity contribution < 1.29 is 23.1 Å². The van der Waals surface area contributed by atoms with Gasteiger partial charge in [0.15, 0.2) is 0 Å². The third kappa shape index (κ3) is 5.97. The fourth-order valence-corrected chi connectivity index (χ4v) is 3.42. The van der Waals surface area contributed by atoms with E-state index in [9.17, 15) is 18.4 Å². The van der Waals surface area contributed by atoms with E-state index in [0.29, 0.717) is 41.9 Å². The van der Waals surface area contributed by atoms with Crippen molar-refractivity contribution >= 4 is 29.3 Å². The minimum atomic E-state index is -2.56. The van der Waals surface area contributed by atoms with Crippen LogP contribution in [0.1, 0.15) is 26.2 Å². The normalized spacial score (nSPS) is 18.2. The van der Waals surface area contributed by atoms with Gasteiger partial charge >= 0.3 is 5.97 Å². The summed E-state index contributed by atoms with van der Waals surface area (Å²) in [5, 5.41) is 2.67. The molecule has 1 saturated heterocycles. The molecule has 0 aliphatic carbocycles. The van der Waals surface area contributed by atoms with Crippen molar-refractivity contribution in [3.8, 4) is 0 Å². The molecule has 1 aromatic carbocycles. The predicted molar refractivity (Wildman–Crippen MR) is 92.8 cm³/mol. The van der Waals surface area contributed by atoms with E-state index in [0.717, 1.165) is 12.8 Å². The summed E-state index contributed by atoms with van der Waals surface area (Å²) in [7, 11) is 0. The molecule has 0 spiro atoms. The maximum atomic E-state index is 12.6. The van der Waals surface area contributed by atoms with Gasteiger partial charge in [-0.3, -0.25) is 14.5 Å². The number of piperidine rings is 1. The van der Waals surface area contributed by atoms with Gasteiger partial charge in [0.05, 0.1) is 18.8 Å². The number of amides is 1. The minimum Gasteiger partial charge on any atom is -0.465 e. The Morgan fingerprint density at radius 2 is 2.12 bits per heavy atom. The number of alkyl halides is 2. The number of benzene rings is 1. The number of halogens is 2. The van der Waals surface area contributed by atoms with E-state index in [1.54, 1.807) is 30.0 Å². The van der Waals surface area contributed by atoms with Crippen molar-refractivity contribution in [3.63, 3.8) is 0 Å². The Hall–Kier alpha value is -1.67. The Balaban J connectivity index is 2.00. The van der Waals surface area contributed by atoms with Gasteiger partial charge in [0.1, 0.15) is 6.04 Å². The van der Waals surface area contributed by atoms with Crippen molar-refractivity contribution in [3.05, 3.63) is 24.3 Å². The number of likely N-dealkylation sites (tertiary alicyclic amines) is 1. The molecule has 1 amide bonds. The number of thioether (sulfide) groups is 1. The molecule has 0 bridgehead atoms. The van der Waals surface area contributed by atoms with Gasteiger partial charge in [-0.1, -0.05) is 30.3 Å². The molecule has 138 valence electrons. The average molecular weight is 372 g/mol. The molecule has 1 aliphatic heterocycles. The number of para-hydroxylation sites is 1. The summed E-state index contributed by atoms with van der Waals surface area (Å²) in [6.45, 7) is 2.70. The van der Waals surface area contributed by atoms with Crippen LogP contribution in [0.25, 0.3) is 0 Å². The Morgan fingerprint density at radius 3 is 2.84 bits per heavy atom. The molecule has 0 unspecified atom stereocenters. The van der Waals surface area contributed by atoms with Crippen molar-refractivity contribution in [2.24, 2.45) is 0 Å². The van der Waals surface area contributed by atoms with Crippen molar-refractivity contribution in [2.45, 2.75) is 42.9 Å². The van der Waals surface area contributed by atoms with E-state index < -0.39 is 11.8 Å². The quantitative estimate of drug-likeness (QED) is 0.588. The van der Waals surface area contributed by atoms with Crippen LogP contribution in [-0.4, -0.2) is 48.3 Å². The van der Waals surface area contributed by atoms with Crippen molar-refractivity contribution in [2.75, 3.05) is 25.0 Å². The lowest BCUT2D eigenvalue weighted by atomic mass is 10.0. The van der Waals surface area contributed by atoms with E-state index >= 15 is 0 Å². The second-order valence-corrected chi connectivity index (χ2v) is 6.69. The maximum Gasteiger partial charge on any atom is 0.323 e. The largest absolute Gasteiger partial charge is 0.465 e. The van der Waals surface area contributed by atoms with Crippen LogP contribution in [0.5, 0.6) is 0 Å². The average Bonchev–Trinajstić information content (AvgIpc) is 2.57. The Kier molecular flexibility index (Phi) is 7.64. The molecule has 0 aromatic heterocycles. The van der Waals surface area contributed by atoms with Crippen LogP contribution in [0, 0.1) is 0 Å². The fraction of sp³-hybridized carbons (Fsp3) is 0.529. The summed E-state index contributed by atoms with van der Waals surface area (Å²) in [5.41, 5.74) is 0.350. The van der Waals surface area contributed by atoms with E-state index in [1.807, 2.05) is 0 Å². The van der Waals surface area contributed by atoms with E-state index in [1.165, 1.54) is 6.07 Å². The lowest BCUT2D eigenvalue weighted by molar-refractivity contribution is -0.151. The van der Waals surface area contributed by atoms with Gasteiger partial charge in [0.2, 0.25) is 5.91 Å². The predicted octanol–water partition coefficient (Wildman–Crippen LogP) is 3.36. The van der Waals surface area contributed by atoms with Crippen LogP contribution in [0.3, 0.4) is 0 Å². The molecule has 1 atom stereocenters. The first-order valence-corrected chi connectivity index (χ1v) is 9.13. The summed E-state index contributed by atoms with van der Waals surface area (Å²) in [4.78, 5) is 26.5. The molecule has 0 saturated carbocycles. The number of anilines is 1. The van der Waals surface area contributed by atoms with Gasteiger partial charge in [-0.15, -0.1) is 0 Å². The molecule has 8 heteroatoms. The first kappa shape index (κ1) is 19.7. The van der Waals surface area contributed by atoms with Crippen molar-refractivity contribution in [1.29, 1.82) is 0 Å². The van der Waals surface area contributed by atoms with Crippen LogP contribution < -0.4 is 5.32 Å². The SMILES string of the molecule is CCOC(=O)[C@H]1CCCCN1CC(=O)Nc1ccccc1SC(F)F. The van der Waals surface area contributed by atoms with Gasteiger partial charge in [0.25, 0.3) is 5.76 Å². The number of nitrogens with one attached hydrogen (secondary N) is 1. The standard InChI is InChI=1S/C17H22F2N2O3S/c1-2-24-16(23)13-8-5-6-10-21(13)11-15(22)20-12-7-3-4-9-14(12)25-17(18)19/h3-4,7,9,13,17H,2,5-6,8,10-11H2,1H3,(H,20,22)/t13-/m1/s1. The highest BCUT2D eigenvalue weighted by Gasteiger charge is 2.31. The maximum absolute atomic E-state index is 12.6. The summed E-state index contributed by atoms with van der Waals surface area (Å²) < 4.78 is 30.3. The molecular formula is C17H22F2N2O3S. The van der Waals surface area contributed by atoms with Gasteiger partial charge in [-0.05, 0) is 38.4 Å². The Bertz CT molecular complexity index is 601. The first-order chi connectivity index (χ1) is 12.0. The number of carbonyl (C=O) groups excluding carboxylic acids is 2. The minimum absolute atomic E-state index is 0.0250. The zero-order chi connectivity index (χ0) is 18.2. The van der Waals surface area contributed by atoms with Crippen LogP contribution in [0.2, 0.25) is 0 Å². The number of carbonyl (C=O) groups is 2. The zero-order valence-corrected chi connectivity index (χ0v) is 14.9. The topological polar surface area (TPSA) is 58.6 Å². The van der Waals surface area contributed by atoms with Gasteiger partial charge < -0.3 is 10.1 Å². The van der Waals surface area contributed by atoms with Crippen LogP contribution >= 0.6 is 11.8 Å². The van der Waals surface area contributed by atoms with E-state index in [2.05, 4.69) is 5.32 Å². The Morgan fingerprint density at radius 1 is 1.36 bits per heavy atom. The fourth-order valence-electron chi connectivity index (χ4n) is 2.83. The monoisotopic (exact) mass is 372 g/mol. The third-order valence-electron chi connectivity index (χ3n) is 3.90. The van der Waals surface area contributed by atoms with E-state index in [4.69, 9.17) is 4.74 Å². The van der Waals surface area contributed by atoms with E-state index in [-0.39, 0.29) is 18.4 Å². The molecular weight excluding hydrogens is 350 g/mol. The summed E-state index contributed by atoms with van der Waals surface area (Å²) in [5.74, 6) is -3.21. The number of nitrogens with zero attached hydrogens (tertiary/aromatic N) is 1. The lowest BCUT2D eigenvalue weighted by Gasteiger charge is -2.33. The van der Waals surface area contributed by atoms with Crippen LogP contribution in [0.15, 0.2) is 29.2 Å². The second-order valence-electron chi connectivity index (χ2n) is 5.66. The lowest BCUT2D eigenvalue weighted by Crippen LogP contribution is -2.48. The highest BCUT2D eigenvalue weighted by atomic mass is 32.2. The summed E-state index contributed by atoms with van der Waals surface area (Å²) >= 11 is 0.389. The van der Waals surface area contributed by atoms with Crippen LogP contribution in [-0.2, 0) is 14.3 Å². The van der Waals surface area contributed by atoms with Gasteiger partial charge in [-0.25, -0.2) is 0 Å². The molecule has 1 N–H and O–H groups in total. The van der Waals surface area contributed by atoms with Gasteiger partial charge in [-0.2, -0.15) is 8.78 Å². The molecule has 25 heavy (non-hydrogen) atoms. The summed E-state index contributed by atoms with van der Waals surface area (Å²) in [6.07, 6.45) is 2.47. The van der Waals surface area contributed by atoms with Gasteiger partial charge in [0, 0.05) is 4.90 Å². The zero-order valence-electron chi connectivity index (χ0n) is 14.0. The second kappa shape index (κ2) is 9.72. The van der Waals surface area contributed by atoms with Crippen molar-refractivity contribution in [1.82, 2.24) is 4.90 Å². The number of hydrogen-bond acceptors (Lipinski definition) is 5. The first-order valence-electron chi connectivity index (χ1n) is 8.25. The number of ether oxygens (including phenoxy) is 1. The number of hydrogen-bond donors (Lipinski definition) is 1. The highest BCUT2D eigenvalue weighted by Crippen LogP contribution is 2.31. The summed E-state index contributed by atoms with van der Waals surface area (Å²) in [6, 6.07) is 6.01. The van der Waals surface area contributed by atoms with Crippen LogP contribution in [0.4, 0.5) is 14.5 Å². The molecule has 0 radical (unpaired) electrons. The molecule has 1 aliphatic rings. The molecule has 2 rings (SSSR count). The highest BCUT2D eigenvalue weighted by molar-refractivity contribution is 7.99. The number of esters is 1. The third-order valence-corrected chi connectivity index (χ3v) is 4.68. The molecule has 5 nitrogen and oxygen atoms in total. The molecule has 1 aromatic rings. The Labute approximate surface area is 150 Å². The smallest absolute Gasteiger partial charge is 0.323 e. The number of rotatable bonds is 7. The molecule has 1 heterocycles. The molecule has 1 fully saturated rings.